The molecular formula is C23H29N5OS. The SMILES string of the molecule is Cc1cccc(-c2n[nH]c(=S)n2CCC(=O)NCCCN(C)Cc2ccccc2)c1. The number of hydrogen-bond acceptors (Lipinski definition) is 4. The Hall–Kier alpha value is -2.77. The number of nitrogens with one attached hydrogen (secondary N) is 2. The van der Waals surface area contributed by atoms with E-state index in [1.54, 1.807) is 0 Å². The van der Waals surface area contributed by atoms with E-state index in [4.69, 9.17) is 12.2 Å². The molecule has 6 nitrogen and oxygen atoms in total. The largest absolute Gasteiger partial charge is 0.356 e. The van der Waals surface area contributed by atoms with Gasteiger partial charge in [0.05, 0.1) is 0 Å². The van der Waals surface area contributed by atoms with Gasteiger partial charge in [0, 0.05) is 31.6 Å². The highest BCUT2D eigenvalue weighted by molar-refractivity contribution is 7.71. The van der Waals surface area contributed by atoms with Crippen molar-refractivity contribution in [3.05, 3.63) is 70.5 Å². The number of carbonyl (C=O) groups excluding carboxylic acids is 1. The number of aromatic amines is 1. The molecule has 2 N–H and O–H groups in total. The molecular weight excluding hydrogens is 394 g/mol. The Morgan fingerprint density at radius 3 is 2.77 bits per heavy atom. The first-order chi connectivity index (χ1) is 14.5. The van der Waals surface area contributed by atoms with Gasteiger partial charge in [0.25, 0.3) is 0 Å². The first-order valence-corrected chi connectivity index (χ1v) is 10.6. The van der Waals surface area contributed by atoms with Crippen LogP contribution in [0, 0.1) is 11.7 Å². The van der Waals surface area contributed by atoms with Crippen LogP contribution in [-0.4, -0.2) is 45.7 Å². The monoisotopic (exact) mass is 423 g/mol. The highest BCUT2D eigenvalue weighted by Gasteiger charge is 2.11. The van der Waals surface area contributed by atoms with Crippen LogP contribution in [0.2, 0.25) is 0 Å². The molecule has 0 fully saturated rings. The lowest BCUT2D eigenvalue weighted by Gasteiger charge is -2.16. The van der Waals surface area contributed by atoms with Crippen LogP contribution in [0.1, 0.15) is 24.0 Å². The summed E-state index contributed by atoms with van der Waals surface area (Å²) in [6.45, 7) is 5.05. The number of aryl methyl sites for hydroxylation is 1. The maximum Gasteiger partial charge on any atom is 0.221 e. The van der Waals surface area contributed by atoms with E-state index in [9.17, 15) is 4.79 Å². The molecule has 3 rings (SSSR count). The summed E-state index contributed by atoms with van der Waals surface area (Å²) < 4.78 is 2.42. The third-order valence-corrected chi connectivity index (χ3v) is 5.24. The number of aromatic nitrogens is 3. The second-order valence-electron chi connectivity index (χ2n) is 7.55. The predicted octanol–water partition coefficient (Wildman–Crippen LogP) is 3.94. The van der Waals surface area contributed by atoms with E-state index in [1.807, 2.05) is 35.8 Å². The summed E-state index contributed by atoms with van der Waals surface area (Å²) in [4.78, 5) is 14.5. The molecule has 0 saturated carbocycles. The minimum atomic E-state index is 0.0269. The number of amides is 1. The van der Waals surface area contributed by atoms with Crippen molar-refractivity contribution in [1.29, 1.82) is 0 Å². The van der Waals surface area contributed by atoms with Crippen LogP contribution in [-0.2, 0) is 17.9 Å². The first kappa shape index (κ1) is 21.9. The summed E-state index contributed by atoms with van der Waals surface area (Å²) in [7, 11) is 2.10. The molecule has 3 aromatic rings. The lowest BCUT2D eigenvalue weighted by atomic mass is 10.1. The van der Waals surface area contributed by atoms with E-state index in [0.717, 1.165) is 36.5 Å². The predicted molar refractivity (Wildman–Crippen MR) is 123 cm³/mol. The van der Waals surface area contributed by atoms with Gasteiger partial charge in [-0.3, -0.25) is 14.5 Å². The van der Waals surface area contributed by atoms with Crippen LogP contribution in [0.3, 0.4) is 0 Å². The zero-order valence-electron chi connectivity index (χ0n) is 17.6. The van der Waals surface area contributed by atoms with E-state index in [0.29, 0.717) is 24.3 Å². The average Bonchev–Trinajstić information content (AvgIpc) is 3.11. The zero-order valence-corrected chi connectivity index (χ0v) is 18.4. The van der Waals surface area contributed by atoms with Crippen LogP contribution in [0.5, 0.6) is 0 Å². The molecule has 30 heavy (non-hydrogen) atoms. The molecule has 0 bridgehead atoms. The van der Waals surface area contributed by atoms with Crippen LogP contribution in [0.25, 0.3) is 11.4 Å². The van der Waals surface area contributed by atoms with Gasteiger partial charge < -0.3 is 10.2 Å². The van der Waals surface area contributed by atoms with Crippen molar-refractivity contribution < 1.29 is 4.79 Å². The Morgan fingerprint density at radius 2 is 2.00 bits per heavy atom. The molecule has 0 unspecified atom stereocenters. The third kappa shape index (κ3) is 6.37. The molecule has 7 heteroatoms. The van der Waals surface area contributed by atoms with Crippen molar-refractivity contribution in [2.24, 2.45) is 0 Å². The van der Waals surface area contributed by atoms with Crippen LogP contribution < -0.4 is 5.32 Å². The fourth-order valence-corrected chi connectivity index (χ4v) is 3.61. The van der Waals surface area contributed by atoms with Gasteiger partial charge in [-0.05, 0) is 50.8 Å². The number of nitrogens with zero attached hydrogens (tertiary/aromatic N) is 3. The standard InChI is InChI=1S/C23H29N5OS/c1-18-8-6-11-20(16-18)22-25-26-23(30)28(22)15-12-21(29)24-13-7-14-27(2)17-19-9-4-3-5-10-19/h3-6,8-11,16H,7,12-15,17H2,1-2H3,(H,24,29)(H,26,30). The minimum Gasteiger partial charge on any atom is -0.356 e. The van der Waals surface area contributed by atoms with Gasteiger partial charge in [-0.2, -0.15) is 5.10 Å². The summed E-state index contributed by atoms with van der Waals surface area (Å²) in [6.07, 6.45) is 1.28. The van der Waals surface area contributed by atoms with Crippen molar-refractivity contribution in [3.63, 3.8) is 0 Å². The normalized spacial score (nSPS) is 11.0. The fourth-order valence-electron chi connectivity index (χ4n) is 3.38. The van der Waals surface area contributed by atoms with E-state index in [1.165, 1.54) is 5.56 Å². The molecule has 0 atom stereocenters. The summed E-state index contributed by atoms with van der Waals surface area (Å²) >= 11 is 5.35. The molecule has 0 radical (unpaired) electrons. The molecule has 0 saturated heterocycles. The number of hydrogen-bond donors (Lipinski definition) is 2. The molecule has 0 aliphatic carbocycles. The Labute approximate surface area is 182 Å². The first-order valence-electron chi connectivity index (χ1n) is 10.2. The van der Waals surface area contributed by atoms with E-state index < -0.39 is 0 Å². The number of carbonyl (C=O) groups is 1. The van der Waals surface area contributed by atoms with Crippen molar-refractivity contribution in [1.82, 2.24) is 25.0 Å². The highest BCUT2D eigenvalue weighted by atomic mass is 32.1. The average molecular weight is 424 g/mol. The van der Waals surface area contributed by atoms with E-state index in [2.05, 4.69) is 57.8 Å². The van der Waals surface area contributed by atoms with Gasteiger partial charge in [0.15, 0.2) is 10.6 Å². The van der Waals surface area contributed by atoms with Crippen LogP contribution >= 0.6 is 12.2 Å². The van der Waals surface area contributed by atoms with Gasteiger partial charge in [-0.1, -0.05) is 54.1 Å². The Balaban J connectivity index is 1.42. The summed E-state index contributed by atoms with van der Waals surface area (Å²) in [5, 5.41) is 10.2. The van der Waals surface area contributed by atoms with Crippen molar-refractivity contribution in [3.8, 4) is 11.4 Å². The topological polar surface area (TPSA) is 66.0 Å². The second-order valence-corrected chi connectivity index (χ2v) is 7.94. The van der Waals surface area contributed by atoms with Gasteiger partial charge in [-0.25, -0.2) is 0 Å². The zero-order chi connectivity index (χ0) is 21.3. The lowest BCUT2D eigenvalue weighted by Crippen LogP contribution is -2.28. The minimum absolute atomic E-state index is 0.0269. The van der Waals surface area contributed by atoms with Crippen LogP contribution in [0.15, 0.2) is 54.6 Å². The van der Waals surface area contributed by atoms with E-state index >= 15 is 0 Å². The lowest BCUT2D eigenvalue weighted by molar-refractivity contribution is -0.121. The fraction of sp³-hybridized carbons (Fsp3) is 0.348. The molecule has 0 spiro atoms. The summed E-state index contributed by atoms with van der Waals surface area (Å²) in [5.74, 6) is 0.790. The molecule has 0 aliphatic rings. The van der Waals surface area contributed by atoms with Crippen molar-refractivity contribution >= 4 is 18.1 Å². The molecule has 158 valence electrons. The quantitative estimate of drug-likeness (QED) is 0.383. The second kappa shape index (κ2) is 10.8. The number of H-pyrrole nitrogens is 1. The summed E-state index contributed by atoms with van der Waals surface area (Å²) in [5.41, 5.74) is 3.44. The van der Waals surface area contributed by atoms with Crippen LogP contribution in [0.4, 0.5) is 0 Å². The number of benzene rings is 2. The Morgan fingerprint density at radius 1 is 1.20 bits per heavy atom. The Kier molecular flexibility index (Phi) is 7.93. The molecule has 2 aromatic carbocycles. The maximum atomic E-state index is 12.3. The molecule has 1 aromatic heterocycles. The smallest absolute Gasteiger partial charge is 0.221 e. The Bertz CT molecular complexity index is 1010. The van der Waals surface area contributed by atoms with Gasteiger partial charge in [0.2, 0.25) is 5.91 Å². The maximum absolute atomic E-state index is 12.3. The van der Waals surface area contributed by atoms with Crippen molar-refractivity contribution in [2.75, 3.05) is 20.1 Å². The van der Waals surface area contributed by atoms with Gasteiger partial charge >= 0.3 is 0 Å². The summed E-state index contributed by atoms with van der Waals surface area (Å²) in [6, 6.07) is 18.5. The number of rotatable bonds is 10. The van der Waals surface area contributed by atoms with E-state index in [-0.39, 0.29) is 5.91 Å². The third-order valence-electron chi connectivity index (χ3n) is 4.93. The molecule has 0 aliphatic heterocycles. The van der Waals surface area contributed by atoms with Crippen molar-refractivity contribution in [2.45, 2.75) is 32.9 Å². The molecule has 1 heterocycles. The van der Waals surface area contributed by atoms with Gasteiger partial charge in [0.1, 0.15) is 0 Å². The highest BCUT2D eigenvalue weighted by Crippen LogP contribution is 2.18. The molecule has 1 amide bonds. The van der Waals surface area contributed by atoms with Gasteiger partial charge in [-0.15, -0.1) is 0 Å².